The molecule has 0 aromatic carbocycles. The third-order valence-corrected chi connectivity index (χ3v) is 2.26. The molecule has 0 saturated carbocycles. The maximum atomic E-state index is 4.14. The van der Waals surface area contributed by atoms with E-state index < -0.39 is 0 Å². The molecular formula is C8H14BrN3. The van der Waals surface area contributed by atoms with E-state index in [1.807, 2.05) is 11.6 Å². The van der Waals surface area contributed by atoms with Crippen LogP contribution in [0.5, 0.6) is 0 Å². The predicted octanol–water partition coefficient (Wildman–Crippen LogP) is 2.01. The van der Waals surface area contributed by atoms with Gasteiger partial charge in [0.1, 0.15) is 11.6 Å². The Bertz CT molecular complexity index is 272. The normalized spacial score (nSPS) is 12.1. The highest BCUT2D eigenvalue weighted by molar-refractivity contribution is 9.08. The number of halogens is 1. The van der Waals surface area contributed by atoms with Crippen LogP contribution in [-0.4, -0.2) is 14.8 Å². The quantitative estimate of drug-likeness (QED) is 0.693. The summed E-state index contributed by atoms with van der Waals surface area (Å²) in [5.41, 5.74) is 0.0716. The Kier molecular flexibility index (Phi) is 2.56. The molecule has 1 aromatic heterocycles. The van der Waals surface area contributed by atoms with Crippen LogP contribution in [0.4, 0.5) is 0 Å². The van der Waals surface area contributed by atoms with Crippen molar-refractivity contribution in [3.8, 4) is 0 Å². The molecule has 0 aliphatic heterocycles. The highest BCUT2D eigenvalue weighted by atomic mass is 79.9. The van der Waals surface area contributed by atoms with Crippen LogP contribution in [0, 0.1) is 0 Å². The Morgan fingerprint density at radius 1 is 1.33 bits per heavy atom. The zero-order valence-electron chi connectivity index (χ0n) is 7.93. The second-order valence-corrected chi connectivity index (χ2v) is 4.44. The lowest BCUT2D eigenvalue weighted by Crippen LogP contribution is -2.18. The fourth-order valence-corrected chi connectivity index (χ4v) is 1.62. The van der Waals surface area contributed by atoms with Crippen molar-refractivity contribution in [2.24, 2.45) is 7.05 Å². The number of alkyl halides is 1. The summed E-state index contributed by atoms with van der Waals surface area (Å²) in [4.78, 5) is 0. The van der Waals surface area contributed by atoms with Gasteiger partial charge < -0.3 is 4.57 Å². The van der Waals surface area contributed by atoms with Gasteiger partial charge in [-0.3, -0.25) is 0 Å². The summed E-state index contributed by atoms with van der Waals surface area (Å²) in [6.45, 7) is 6.40. The van der Waals surface area contributed by atoms with Crippen molar-refractivity contribution in [3.05, 3.63) is 11.6 Å². The first kappa shape index (κ1) is 9.71. The van der Waals surface area contributed by atoms with Gasteiger partial charge in [-0.2, -0.15) is 0 Å². The van der Waals surface area contributed by atoms with Gasteiger partial charge in [0.25, 0.3) is 0 Å². The van der Waals surface area contributed by atoms with Crippen molar-refractivity contribution in [2.75, 3.05) is 0 Å². The minimum absolute atomic E-state index is 0.0716. The van der Waals surface area contributed by atoms with Crippen molar-refractivity contribution in [1.82, 2.24) is 14.8 Å². The molecule has 68 valence electrons. The molecule has 4 heteroatoms. The average molecular weight is 232 g/mol. The summed E-state index contributed by atoms with van der Waals surface area (Å²) < 4.78 is 2.04. The van der Waals surface area contributed by atoms with Crippen LogP contribution in [-0.2, 0) is 17.8 Å². The van der Waals surface area contributed by atoms with Crippen LogP contribution in [0.3, 0.4) is 0 Å². The van der Waals surface area contributed by atoms with Crippen LogP contribution in [0.25, 0.3) is 0 Å². The molecule has 0 fully saturated rings. The SMILES string of the molecule is Cn1c(CBr)nnc1C(C)(C)C. The van der Waals surface area contributed by atoms with E-state index in [1.165, 1.54) is 0 Å². The third kappa shape index (κ3) is 1.68. The van der Waals surface area contributed by atoms with E-state index in [2.05, 4.69) is 46.9 Å². The summed E-state index contributed by atoms with van der Waals surface area (Å²) in [5, 5.41) is 8.96. The fraction of sp³-hybridized carbons (Fsp3) is 0.750. The zero-order chi connectivity index (χ0) is 9.35. The van der Waals surface area contributed by atoms with E-state index in [1.54, 1.807) is 0 Å². The van der Waals surface area contributed by atoms with Gasteiger partial charge in [-0.25, -0.2) is 0 Å². The molecule has 0 bridgehead atoms. The fourth-order valence-electron chi connectivity index (χ4n) is 1.13. The van der Waals surface area contributed by atoms with Crippen molar-refractivity contribution in [1.29, 1.82) is 0 Å². The molecule has 0 N–H and O–H groups in total. The van der Waals surface area contributed by atoms with Gasteiger partial charge in [-0.15, -0.1) is 10.2 Å². The minimum Gasteiger partial charge on any atom is -0.317 e. The Hall–Kier alpha value is -0.380. The molecule has 0 saturated heterocycles. The van der Waals surface area contributed by atoms with Gasteiger partial charge in [0.2, 0.25) is 0 Å². The van der Waals surface area contributed by atoms with E-state index in [0.717, 1.165) is 17.0 Å². The summed E-state index contributed by atoms with van der Waals surface area (Å²) in [6.07, 6.45) is 0. The van der Waals surface area contributed by atoms with Crippen LogP contribution in [0.15, 0.2) is 0 Å². The maximum Gasteiger partial charge on any atom is 0.143 e. The van der Waals surface area contributed by atoms with E-state index in [9.17, 15) is 0 Å². The molecule has 0 amide bonds. The third-order valence-electron chi connectivity index (χ3n) is 1.76. The Morgan fingerprint density at radius 3 is 2.17 bits per heavy atom. The highest BCUT2D eigenvalue weighted by Gasteiger charge is 2.21. The van der Waals surface area contributed by atoms with Gasteiger partial charge in [0, 0.05) is 12.5 Å². The van der Waals surface area contributed by atoms with Gasteiger partial charge in [0.05, 0.1) is 5.33 Å². The van der Waals surface area contributed by atoms with Crippen molar-refractivity contribution in [2.45, 2.75) is 31.5 Å². The van der Waals surface area contributed by atoms with E-state index in [4.69, 9.17) is 0 Å². The monoisotopic (exact) mass is 231 g/mol. The maximum absolute atomic E-state index is 4.14. The lowest BCUT2D eigenvalue weighted by Gasteiger charge is -2.16. The van der Waals surface area contributed by atoms with E-state index >= 15 is 0 Å². The van der Waals surface area contributed by atoms with Crippen molar-refractivity contribution < 1.29 is 0 Å². The predicted molar refractivity (Wildman–Crippen MR) is 52.3 cm³/mol. The molecular weight excluding hydrogens is 218 g/mol. The first-order valence-corrected chi connectivity index (χ1v) is 5.03. The second kappa shape index (κ2) is 3.17. The standard InChI is InChI=1S/C8H14BrN3/c1-8(2,3)7-11-10-6(5-9)12(7)4/h5H2,1-4H3. The van der Waals surface area contributed by atoms with Gasteiger partial charge in [-0.1, -0.05) is 36.7 Å². The molecule has 0 aliphatic carbocycles. The van der Waals surface area contributed by atoms with Crippen molar-refractivity contribution >= 4 is 15.9 Å². The van der Waals surface area contributed by atoms with Crippen LogP contribution < -0.4 is 0 Å². The molecule has 3 nitrogen and oxygen atoms in total. The Morgan fingerprint density at radius 2 is 1.92 bits per heavy atom. The molecule has 1 heterocycles. The summed E-state index contributed by atoms with van der Waals surface area (Å²) in [6, 6.07) is 0. The number of hydrogen-bond donors (Lipinski definition) is 0. The first-order chi connectivity index (χ1) is 5.46. The van der Waals surface area contributed by atoms with Crippen LogP contribution >= 0.6 is 15.9 Å². The Balaban J connectivity index is 3.11. The summed E-state index contributed by atoms with van der Waals surface area (Å²) in [5.74, 6) is 2.00. The number of nitrogens with zero attached hydrogens (tertiary/aromatic N) is 3. The molecule has 0 radical (unpaired) electrons. The minimum atomic E-state index is 0.0716. The zero-order valence-corrected chi connectivity index (χ0v) is 9.51. The van der Waals surface area contributed by atoms with Crippen molar-refractivity contribution in [3.63, 3.8) is 0 Å². The van der Waals surface area contributed by atoms with E-state index in [0.29, 0.717) is 0 Å². The van der Waals surface area contributed by atoms with Gasteiger partial charge in [0.15, 0.2) is 0 Å². The summed E-state index contributed by atoms with van der Waals surface area (Å²) in [7, 11) is 2.00. The number of hydrogen-bond acceptors (Lipinski definition) is 2. The lowest BCUT2D eigenvalue weighted by molar-refractivity contribution is 0.518. The topological polar surface area (TPSA) is 30.7 Å². The molecule has 0 atom stereocenters. The largest absolute Gasteiger partial charge is 0.317 e. The molecule has 12 heavy (non-hydrogen) atoms. The molecule has 0 aliphatic rings. The highest BCUT2D eigenvalue weighted by Crippen LogP contribution is 2.20. The second-order valence-electron chi connectivity index (χ2n) is 3.88. The smallest absolute Gasteiger partial charge is 0.143 e. The van der Waals surface area contributed by atoms with E-state index in [-0.39, 0.29) is 5.41 Å². The van der Waals surface area contributed by atoms with Gasteiger partial charge in [-0.05, 0) is 0 Å². The molecule has 1 rings (SSSR count). The Labute approximate surface area is 81.3 Å². The molecule has 0 unspecified atom stereocenters. The van der Waals surface area contributed by atoms with Gasteiger partial charge >= 0.3 is 0 Å². The molecule has 1 aromatic rings. The number of rotatable bonds is 1. The number of aromatic nitrogens is 3. The summed E-state index contributed by atoms with van der Waals surface area (Å²) >= 11 is 3.37. The van der Waals surface area contributed by atoms with Crippen LogP contribution in [0.1, 0.15) is 32.4 Å². The van der Waals surface area contributed by atoms with Crippen LogP contribution in [0.2, 0.25) is 0 Å². The first-order valence-electron chi connectivity index (χ1n) is 3.91. The average Bonchev–Trinajstić information content (AvgIpc) is 2.29. The molecule has 0 spiro atoms. The lowest BCUT2D eigenvalue weighted by atomic mass is 9.96.